The molecule has 0 spiro atoms. The number of halogens is 2. The molecule has 5 nitrogen and oxygen atoms in total. The van der Waals surface area contributed by atoms with Crippen molar-refractivity contribution in [2.45, 2.75) is 13.3 Å². The first kappa shape index (κ1) is 24.3. The van der Waals surface area contributed by atoms with Gasteiger partial charge >= 0.3 is 0 Å². The molecule has 2 aromatic carbocycles. The number of benzene rings is 2. The van der Waals surface area contributed by atoms with Crippen LogP contribution >= 0.6 is 24.8 Å². The predicted molar refractivity (Wildman–Crippen MR) is 129 cm³/mol. The van der Waals surface area contributed by atoms with Crippen LogP contribution in [-0.4, -0.2) is 24.2 Å². The van der Waals surface area contributed by atoms with Gasteiger partial charge in [-0.15, -0.1) is 24.8 Å². The Morgan fingerprint density at radius 2 is 1.52 bits per heavy atom. The Bertz CT molecular complexity index is 1240. The minimum Gasteiger partial charge on any atom is -0.493 e. The maximum atomic E-state index is 12.8. The molecule has 0 aliphatic heterocycles. The lowest BCUT2D eigenvalue weighted by atomic mass is 9.99. The quantitative estimate of drug-likeness (QED) is 0.437. The first-order chi connectivity index (χ1) is 14.1. The molecule has 31 heavy (non-hydrogen) atoms. The number of aromatic nitrogens is 2. The Morgan fingerprint density at radius 1 is 0.871 bits per heavy atom. The number of methoxy groups -OCH3 is 2. The highest BCUT2D eigenvalue weighted by molar-refractivity contribution is 5.90. The Morgan fingerprint density at radius 3 is 2.16 bits per heavy atom. The third kappa shape index (κ3) is 4.84. The van der Waals surface area contributed by atoms with Gasteiger partial charge in [-0.2, -0.15) is 0 Å². The van der Waals surface area contributed by atoms with Crippen LogP contribution in [0.1, 0.15) is 17.0 Å². The van der Waals surface area contributed by atoms with E-state index in [1.165, 1.54) is 0 Å². The molecule has 0 saturated carbocycles. The van der Waals surface area contributed by atoms with E-state index < -0.39 is 0 Å². The fraction of sp³-hybridized carbons (Fsp3) is 0.167. The molecule has 0 amide bonds. The number of hydrogen-bond donors (Lipinski definition) is 1. The summed E-state index contributed by atoms with van der Waals surface area (Å²) in [6.45, 7) is 1.88. The normalized spacial score (nSPS) is 10.2. The topological polar surface area (TPSA) is 64.2 Å². The average Bonchev–Trinajstić information content (AvgIpc) is 2.76. The number of nitrogens with zero attached hydrogens (tertiary/aromatic N) is 1. The highest BCUT2D eigenvalue weighted by Crippen LogP contribution is 2.34. The van der Waals surface area contributed by atoms with E-state index in [1.807, 2.05) is 49.4 Å². The molecule has 0 radical (unpaired) electrons. The fourth-order valence-electron chi connectivity index (χ4n) is 3.62. The van der Waals surface area contributed by atoms with Crippen LogP contribution in [0, 0.1) is 6.92 Å². The van der Waals surface area contributed by atoms with Crippen molar-refractivity contribution in [1.82, 2.24) is 9.97 Å². The fourth-order valence-corrected chi connectivity index (χ4v) is 3.62. The largest absolute Gasteiger partial charge is 0.493 e. The number of ether oxygens (including phenoxy) is 2. The summed E-state index contributed by atoms with van der Waals surface area (Å²) in [5, 5.41) is 1.77. The minimum absolute atomic E-state index is 0. The van der Waals surface area contributed by atoms with Gasteiger partial charge in [0.25, 0.3) is 5.56 Å². The van der Waals surface area contributed by atoms with Gasteiger partial charge in [0, 0.05) is 35.0 Å². The zero-order valence-corrected chi connectivity index (χ0v) is 19.1. The van der Waals surface area contributed by atoms with Gasteiger partial charge in [0.2, 0.25) is 0 Å². The Labute approximate surface area is 193 Å². The zero-order chi connectivity index (χ0) is 20.4. The molecule has 1 N–H and O–H groups in total. The van der Waals surface area contributed by atoms with E-state index >= 15 is 0 Å². The molecule has 4 rings (SSSR count). The second-order valence-electron chi connectivity index (χ2n) is 6.89. The van der Waals surface area contributed by atoms with Crippen LogP contribution in [0.5, 0.6) is 11.5 Å². The van der Waals surface area contributed by atoms with Crippen LogP contribution in [0.2, 0.25) is 0 Å². The highest BCUT2D eigenvalue weighted by atomic mass is 35.5. The van der Waals surface area contributed by atoms with Crippen molar-refractivity contribution in [1.29, 1.82) is 0 Å². The lowest BCUT2D eigenvalue weighted by molar-refractivity contribution is 0.356. The van der Waals surface area contributed by atoms with Gasteiger partial charge in [-0.05, 0) is 47.7 Å². The number of hydrogen-bond acceptors (Lipinski definition) is 4. The number of fused-ring (bicyclic) bond motifs is 1. The third-order valence-corrected chi connectivity index (χ3v) is 5.11. The number of aromatic amines is 1. The number of nitrogens with one attached hydrogen (secondary N) is 1. The van der Waals surface area contributed by atoms with Crippen molar-refractivity contribution in [2.24, 2.45) is 0 Å². The summed E-state index contributed by atoms with van der Waals surface area (Å²) in [6.07, 6.45) is 2.20. The van der Waals surface area contributed by atoms with Gasteiger partial charge in [0.15, 0.2) is 11.5 Å². The highest BCUT2D eigenvalue weighted by Gasteiger charge is 2.15. The van der Waals surface area contributed by atoms with Gasteiger partial charge in [-0.3, -0.25) is 9.78 Å². The molecule has 162 valence electrons. The number of rotatable bonds is 5. The monoisotopic (exact) mass is 458 g/mol. The van der Waals surface area contributed by atoms with E-state index in [-0.39, 0.29) is 30.4 Å². The second kappa shape index (κ2) is 10.3. The maximum absolute atomic E-state index is 12.8. The number of pyridine rings is 2. The molecule has 2 heterocycles. The first-order valence-electron chi connectivity index (χ1n) is 9.38. The Balaban J connectivity index is 0.00000171. The lowest BCUT2D eigenvalue weighted by Crippen LogP contribution is -2.15. The molecule has 0 bridgehead atoms. The maximum Gasteiger partial charge on any atom is 0.252 e. The number of H-pyrrole nitrogens is 1. The van der Waals surface area contributed by atoms with Crippen molar-refractivity contribution in [3.05, 3.63) is 88.1 Å². The van der Waals surface area contributed by atoms with Crippen molar-refractivity contribution >= 4 is 35.6 Å². The van der Waals surface area contributed by atoms with Gasteiger partial charge in [-0.1, -0.05) is 30.3 Å². The summed E-state index contributed by atoms with van der Waals surface area (Å²) in [6, 6.07) is 17.9. The summed E-state index contributed by atoms with van der Waals surface area (Å²) in [5.41, 5.74) is 4.35. The smallest absolute Gasteiger partial charge is 0.252 e. The molecule has 7 heteroatoms. The Hall–Kier alpha value is -3.02. The standard InChI is InChI=1S/C24H22N2O3.2ClH/c1-15-19-13-22(28-2)23(29-3)14-20(19)21(24(27)26-15)12-18-11-17(9-10-25-18)16-7-5-4-6-8-16;;/h4-11,13-14H,12H2,1-3H3,(H,26,27);2*1H. The average molecular weight is 459 g/mol. The molecule has 4 aromatic rings. The molecule has 0 aliphatic rings. The summed E-state index contributed by atoms with van der Waals surface area (Å²) < 4.78 is 10.9. The van der Waals surface area contributed by atoms with E-state index in [4.69, 9.17) is 9.47 Å². The molecule has 0 saturated heterocycles. The van der Waals surface area contributed by atoms with Gasteiger partial charge < -0.3 is 14.5 Å². The van der Waals surface area contributed by atoms with Crippen LogP contribution < -0.4 is 15.0 Å². The first-order valence-corrected chi connectivity index (χ1v) is 9.38. The van der Waals surface area contributed by atoms with Crippen molar-refractivity contribution in [3.8, 4) is 22.6 Å². The molecule has 2 aromatic heterocycles. The third-order valence-electron chi connectivity index (χ3n) is 5.11. The molecule has 0 fully saturated rings. The molecular formula is C24H24Cl2N2O3. The number of aryl methyl sites for hydroxylation is 1. The SMILES string of the molecule is COc1cc2c(C)[nH]c(=O)c(Cc3cc(-c4ccccc4)ccn3)c2cc1OC.Cl.Cl. The summed E-state index contributed by atoms with van der Waals surface area (Å²) in [4.78, 5) is 20.3. The molecular weight excluding hydrogens is 435 g/mol. The Kier molecular flexibility index (Phi) is 8.08. The zero-order valence-electron chi connectivity index (χ0n) is 17.5. The van der Waals surface area contributed by atoms with E-state index in [0.29, 0.717) is 23.5 Å². The molecule has 0 unspecified atom stereocenters. The van der Waals surface area contributed by atoms with Gasteiger partial charge in [-0.25, -0.2) is 0 Å². The van der Waals surface area contributed by atoms with Crippen molar-refractivity contribution in [2.75, 3.05) is 14.2 Å². The van der Waals surface area contributed by atoms with Crippen LogP contribution in [0.25, 0.3) is 21.9 Å². The van der Waals surface area contributed by atoms with E-state index in [2.05, 4.69) is 22.1 Å². The summed E-state index contributed by atoms with van der Waals surface area (Å²) >= 11 is 0. The molecule has 0 aliphatic carbocycles. The van der Waals surface area contributed by atoms with Crippen LogP contribution in [0.4, 0.5) is 0 Å². The van der Waals surface area contributed by atoms with Crippen molar-refractivity contribution in [3.63, 3.8) is 0 Å². The minimum atomic E-state index is -0.117. The lowest BCUT2D eigenvalue weighted by Gasteiger charge is -2.13. The summed E-state index contributed by atoms with van der Waals surface area (Å²) in [5.74, 6) is 1.22. The van der Waals surface area contributed by atoms with Crippen LogP contribution in [-0.2, 0) is 6.42 Å². The second-order valence-corrected chi connectivity index (χ2v) is 6.89. The van der Waals surface area contributed by atoms with E-state index in [0.717, 1.165) is 33.3 Å². The molecule has 0 atom stereocenters. The van der Waals surface area contributed by atoms with Crippen LogP contribution in [0.15, 0.2) is 65.6 Å². The van der Waals surface area contributed by atoms with Crippen molar-refractivity contribution < 1.29 is 9.47 Å². The van der Waals surface area contributed by atoms with Crippen LogP contribution in [0.3, 0.4) is 0 Å². The predicted octanol–water partition coefficient (Wildman–Crippen LogP) is 5.35. The van der Waals surface area contributed by atoms with E-state index in [1.54, 1.807) is 20.4 Å². The van der Waals surface area contributed by atoms with E-state index in [9.17, 15) is 4.79 Å². The summed E-state index contributed by atoms with van der Waals surface area (Å²) in [7, 11) is 3.19. The van der Waals surface area contributed by atoms with Gasteiger partial charge in [0.05, 0.1) is 14.2 Å². The van der Waals surface area contributed by atoms with Gasteiger partial charge in [0.1, 0.15) is 0 Å².